The van der Waals surface area contributed by atoms with E-state index in [1.807, 2.05) is 12.1 Å². The molecule has 0 spiro atoms. The van der Waals surface area contributed by atoms with Crippen molar-refractivity contribution in [2.24, 2.45) is 0 Å². The molecule has 20 heavy (non-hydrogen) atoms. The van der Waals surface area contributed by atoms with E-state index in [4.69, 9.17) is 4.74 Å². The molecule has 3 nitrogen and oxygen atoms in total. The number of aryl methyl sites for hydroxylation is 2. The number of aromatic hydroxyl groups is 1. The zero-order valence-electron chi connectivity index (χ0n) is 11.8. The number of rotatable bonds is 4. The van der Waals surface area contributed by atoms with E-state index in [-0.39, 0.29) is 5.75 Å². The van der Waals surface area contributed by atoms with Crippen LogP contribution in [0.15, 0.2) is 34.8 Å². The van der Waals surface area contributed by atoms with Crippen LogP contribution in [-0.2, 0) is 6.54 Å². The van der Waals surface area contributed by atoms with Crippen LogP contribution >= 0.6 is 15.9 Å². The summed E-state index contributed by atoms with van der Waals surface area (Å²) >= 11 is 3.56. The largest absolute Gasteiger partial charge is 0.507 e. The van der Waals surface area contributed by atoms with Crippen molar-refractivity contribution in [1.29, 1.82) is 0 Å². The molecule has 0 saturated heterocycles. The molecule has 0 fully saturated rings. The number of ether oxygens (including phenoxy) is 1. The second-order valence-electron chi connectivity index (χ2n) is 4.77. The average molecular weight is 336 g/mol. The third-order valence-electron chi connectivity index (χ3n) is 3.21. The minimum Gasteiger partial charge on any atom is -0.507 e. The molecule has 106 valence electrons. The van der Waals surface area contributed by atoms with Crippen molar-refractivity contribution in [3.05, 3.63) is 51.5 Å². The molecule has 2 aromatic rings. The maximum absolute atomic E-state index is 9.93. The quantitative estimate of drug-likeness (QED) is 0.870. The molecular weight excluding hydrogens is 318 g/mol. The van der Waals surface area contributed by atoms with Gasteiger partial charge in [0.1, 0.15) is 11.5 Å². The van der Waals surface area contributed by atoms with Crippen LogP contribution in [0.3, 0.4) is 0 Å². The normalized spacial score (nSPS) is 10.4. The minimum atomic E-state index is 0.238. The molecule has 0 aliphatic heterocycles. The number of benzene rings is 2. The Morgan fingerprint density at radius 3 is 2.35 bits per heavy atom. The molecule has 2 N–H and O–H groups in total. The number of methoxy groups -OCH3 is 1. The molecule has 0 aliphatic rings. The zero-order chi connectivity index (χ0) is 14.7. The summed E-state index contributed by atoms with van der Waals surface area (Å²) < 4.78 is 6.21. The van der Waals surface area contributed by atoms with Gasteiger partial charge in [-0.1, -0.05) is 15.9 Å². The third kappa shape index (κ3) is 3.25. The molecule has 0 atom stereocenters. The van der Waals surface area contributed by atoms with E-state index in [1.165, 1.54) is 11.1 Å². The molecule has 0 saturated carbocycles. The predicted molar refractivity (Wildman–Crippen MR) is 85.6 cm³/mol. The first-order chi connectivity index (χ1) is 9.51. The molecule has 0 amide bonds. The summed E-state index contributed by atoms with van der Waals surface area (Å²) in [6.07, 6.45) is 0. The van der Waals surface area contributed by atoms with Crippen LogP contribution in [-0.4, -0.2) is 12.2 Å². The number of nitrogens with one attached hydrogen (secondary N) is 1. The smallest absolute Gasteiger partial charge is 0.124 e. The SMILES string of the molecule is COc1ccc(CNc2cc(C)c(Br)c(C)c2)c(O)c1. The lowest BCUT2D eigenvalue weighted by atomic mass is 10.1. The molecule has 2 aromatic carbocycles. The summed E-state index contributed by atoms with van der Waals surface area (Å²) in [7, 11) is 1.58. The van der Waals surface area contributed by atoms with Gasteiger partial charge < -0.3 is 15.2 Å². The molecule has 0 unspecified atom stereocenters. The first kappa shape index (κ1) is 14.7. The maximum atomic E-state index is 9.93. The monoisotopic (exact) mass is 335 g/mol. The van der Waals surface area contributed by atoms with Crippen LogP contribution in [0.2, 0.25) is 0 Å². The van der Waals surface area contributed by atoms with Gasteiger partial charge >= 0.3 is 0 Å². The highest BCUT2D eigenvalue weighted by molar-refractivity contribution is 9.10. The lowest BCUT2D eigenvalue weighted by Crippen LogP contribution is -2.01. The Kier molecular flexibility index (Phi) is 4.55. The predicted octanol–water partition coefficient (Wildman–Crippen LogP) is 4.39. The van der Waals surface area contributed by atoms with Crippen LogP contribution < -0.4 is 10.1 Å². The maximum Gasteiger partial charge on any atom is 0.124 e. The summed E-state index contributed by atoms with van der Waals surface area (Å²) in [5, 5.41) is 13.3. The number of anilines is 1. The van der Waals surface area contributed by atoms with Crippen molar-refractivity contribution in [2.45, 2.75) is 20.4 Å². The van der Waals surface area contributed by atoms with Gasteiger partial charge in [-0.25, -0.2) is 0 Å². The number of hydrogen-bond donors (Lipinski definition) is 2. The highest BCUT2D eigenvalue weighted by Gasteiger charge is 2.05. The summed E-state index contributed by atoms with van der Waals surface area (Å²) in [6.45, 7) is 4.69. The van der Waals surface area contributed by atoms with E-state index < -0.39 is 0 Å². The molecule has 0 aromatic heterocycles. The number of halogens is 1. The van der Waals surface area contributed by atoms with Gasteiger partial charge in [-0.05, 0) is 49.2 Å². The summed E-state index contributed by atoms with van der Waals surface area (Å²) in [5.74, 6) is 0.893. The standard InChI is InChI=1S/C16H18BrNO2/c1-10-6-13(7-11(2)16(10)17)18-9-12-4-5-14(20-3)8-15(12)19/h4-8,18-19H,9H2,1-3H3. The van der Waals surface area contributed by atoms with E-state index in [2.05, 4.69) is 47.2 Å². The molecule has 0 radical (unpaired) electrons. The second-order valence-corrected chi connectivity index (χ2v) is 5.57. The van der Waals surface area contributed by atoms with E-state index in [1.54, 1.807) is 13.2 Å². The van der Waals surface area contributed by atoms with Gasteiger partial charge in [0.25, 0.3) is 0 Å². The lowest BCUT2D eigenvalue weighted by molar-refractivity contribution is 0.406. The van der Waals surface area contributed by atoms with Crippen LogP contribution in [0.1, 0.15) is 16.7 Å². The molecule has 0 bridgehead atoms. The van der Waals surface area contributed by atoms with Gasteiger partial charge in [-0.3, -0.25) is 0 Å². The Morgan fingerprint density at radius 1 is 1.15 bits per heavy atom. The average Bonchev–Trinajstić information content (AvgIpc) is 2.43. The van der Waals surface area contributed by atoms with Crippen molar-refractivity contribution in [1.82, 2.24) is 0 Å². The highest BCUT2D eigenvalue weighted by atomic mass is 79.9. The van der Waals surface area contributed by atoms with Crippen molar-refractivity contribution < 1.29 is 9.84 Å². The Morgan fingerprint density at radius 2 is 1.80 bits per heavy atom. The Balaban J connectivity index is 2.13. The molecule has 0 heterocycles. The highest BCUT2D eigenvalue weighted by Crippen LogP contribution is 2.27. The van der Waals surface area contributed by atoms with Crippen molar-refractivity contribution in [3.8, 4) is 11.5 Å². The second kappa shape index (κ2) is 6.18. The van der Waals surface area contributed by atoms with Crippen molar-refractivity contribution >= 4 is 21.6 Å². The Bertz CT molecular complexity index is 603. The van der Waals surface area contributed by atoms with Gasteiger partial charge in [0.2, 0.25) is 0 Å². The van der Waals surface area contributed by atoms with Gasteiger partial charge in [-0.15, -0.1) is 0 Å². The van der Waals surface area contributed by atoms with E-state index in [0.29, 0.717) is 12.3 Å². The van der Waals surface area contributed by atoms with E-state index in [0.717, 1.165) is 15.7 Å². The van der Waals surface area contributed by atoms with Gasteiger partial charge in [0.15, 0.2) is 0 Å². The summed E-state index contributed by atoms with van der Waals surface area (Å²) in [4.78, 5) is 0. The van der Waals surface area contributed by atoms with Crippen LogP contribution in [0.4, 0.5) is 5.69 Å². The van der Waals surface area contributed by atoms with Gasteiger partial charge in [-0.2, -0.15) is 0 Å². The van der Waals surface area contributed by atoms with Crippen molar-refractivity contribution in [2.75, 3.05) is 12.4 Å². The first-order valence-corrected chi connectivity index (χ1v) is 7.17. The van der Waals surface area contributed by atoms with Crippen LogP contribution in [0.25, 0.3) is 0 Å². The zero-order valence-corrected chi connectivity index (χ0v) is 13.4. The minimum absolute atomic E-state index is 0.238. The van der Waals surface area contributed by atoms with Gasteiger partial charge in [0.05, 0.1) is 7.11 Å². The topological polar surface area (TPSA) is 41.5 Å². The van der Waals surface area contributed by atoms with Gasteiger partial charge in [0, 0.05) is 28.3 Å². The fourth-order valence-corrected chi connectivity index (χ4v) is 2.29. The molecular formula is C16H18BrNO2. The van der Waals surface area contributed by atoms with E-state index >= 15 is 0 Å². The Labute approximate surface area is 127 Å². The fraction of sp³-hybridized carbons (Fsp3) is 0.250. The Hall–Kier alpha value is -1.68. The number of phenolic OH excluding ortho intramolecular Hbond substituents is 1. The summed E-state index contributed by atoms with van der Waals surface area (Å²) in [6, 6.07) is 9.49. The third-order valence-corrected chi connectivity index (χ3v) is 4.46. The fourth-order valence-electron chi connectivity index (χ4n) is 2.07. The molecule has 0 aliphatic carbocycles. The van der Waals surface area contributed by atoms with Crippen molar-refractivity contribution in [3.63, 3.8) is 0 Å². The first-order valence-electron chi connectivity index (χ1n) is 6.37. The number of phenols is 1. The molecule has 2 rings (SSSR count). The summed E-state index contributed by atoms with van der Waals surface area (Å²) in [5.41, 5.74) is 4.25. The van der Waals surface area contributed by atoms with Crippen LogP contribution in [0.5, 0.6) is 11.5 Å². The lowest BCUT2D eigenvalue weighted by Gasteiger charge is -2.12. The molecule has 4 heteroatoms. The van der Waals surface area contributed by atoms with E-state index in [9.17, 15) is 5.11 Å². The van der Waals surface area contributed by atoms with Crippen LogP contribution in [0, 0.1) is 13.8 Å². The number of hydrogen-bond acceptors (Lipinski definition) is 3.